The quantitative estimate of drug-likeness (QED) is 0.201. The average Bonchev–Trinajstić information content (AvgIpc) is 2.69. The lowest BCUT2D eigenvalue weighted by Gasteiger charge is -2.27. The van der Waals surface area contributed by atoms with Gasteiger partial charge in [0.1, 0.15) is 6.61 Å². The van der Waals surface area contributed by atoms with Gasteiger partial charge in [0, 0.05) is 6.92 Å². The Morgan fingerprint density at radius 3 is 2.03 bits per heavy atom. The van der Waals surface area contributed by atoms with Crippen LogP contribution in [0.3, 0.4) is 0 Å². The van der Waals surface area contributed by atoms with Crippen LogP contribution in [0.25, 0.3) is 6.08 Å². The number of hydrogen-bond donors (Lipinski definition) is 0. The van der Waals surface area contributed by atoms with Gasteiger partial charge in [0.15, 0.2) is 5.41 Å². The topological polar surface area (TPSA) is 78.9 Å². The first-order chi connectivity index (χ1) is 14.3. The van der Waals surface area contributed by atoms with Crippen LogP contribution in [-0.4, -0.2) is 37.7 Å². The summed E-state index contributed by atoms with van der Waals surface area (Å²) >= 11 is 12.0. The Kier molecular flexibility index (Phi) is 11.2. The zero-order valence-electron chi connectivity index (χ0n) is 17.3. The van der Waals surface area contributed by atoms with Crippen LogP contribution < -0.4 is 0 Å². The van der Waals surface area contributed by atoms with Gasteiger partial charge in [-0.2, -0.15) is 0 Å². The fourth-order valence-corrected chi connectivity index (χ4v) is 2.88. The van der Waals surface area contributed by atoms with Gasteiger partial charge in [-0.05, 0) is 44.4 Å². The van der Waals surface area contributed by atoms with Gasteiger partial charge < -0.3 is 14.2 Å². The third kappa shape index (κ3) is 7.84. The van der Waals surface area contributed by atoms with Crippen molar-refractivity contribution in [2.24, 2.45) is 5.41 Å². The van der Waals surface area contributed by atoms with Gasteiger partial charge in [0.25, 0.3) is 0 Å². The molecule has 0 atom stereocenters. The molecule has 0 aromatic heterocycles. The summed E-state index contributed by atoms with van der Waals surface area (Å²) in [6, 6.07) is 5.10. The molecule has 0 saturated carbocycles. The van der Waals surface area contributed by atoms with Crippen LogP contribution in [0, 0.1) is 5.41 Å². The predicted molar refractivity (Wildman–Crippen MR) is 116 cm³/mol. The van der Waals surface area contributed by atoms with Gasteiger partial charge in [-0.3, -0.25) is 14.4 Å². The molecule has 1 aromatic carbocycles. The smallest absolute Gasteiger partial charge is 0.324 e. The van der Waals surface area contributed by atoms with Crippen LogP contribution in [-0.2, 0) is 28.6 Å². The molecule has 0 bridgehead atoms. The molecule has 0 aliphatic carbocycles. The third-order valence-corrected chi connectivity index (χ3v) is 4.81. The highest BCUT2D eigenvalue weighted by atomic mass is 35.5. The molecule has 0 unspecified atom stereocenters. The maximum atomic E-state index is 12.8. The first kappa shape index (κ1) is 25.7. The van der Waals surface area contributed by atoms with E-state index in [1.165, 1.54) is 6.92 Å². The lowest BCUT2D eigenvalue weighted by Crippen LogP contribution is -2.41. The maximum absolute atomic E-state index is 12.8. The number of allylic oxidation sites excluding steroid dienone is 2. The highest BCUT2D eigenvalue weighted by Gasteiger charge is 2.47. The maximum Gasteiger partial charge on any atom is 0.324 e. The van der Waals surface area contributed by atoms with Crippen molar-refractivity contribution in [3.63, 3.8) is 0 Å². The minimum atomic E-state index is -1.56. The predicted octanol–water partition coefficient (Wildman–Crippen LogP) is 5.02. The highest BCUT2D eigenvalue weighted by Crippen LogP contribution is 2.33. The first-order valence-corrected chi connectivity index (χ1v) is 10.3. The lowest BCUT2D eigenvalue weighted by atomic mass is 9.80. The fourth-order valence-electron chi connectivity index (χ4n) is 2.57. The second-order valence-electron chi connectivity index (χ2n) is 6.28. The summed E-state index contributed by atoms with van der Waals surface area (Å²) in [6.07, 6.45) is 6.66. The van der Waals surface area contributed by atoms with E-state index >= 15 is 0 Å². The molecule has 8 heteroatoms. The number of ether oxygens (including phenoxy) is 3. The fraction of sp³-hybridized carbons (Fsp3) is 0.409. The van der Waals surface area contributed by atoms with E-state index in [2.05, 4.69) is 0 Å². The largest absolute Gasteiger partial charge is 0.465 e. The van der Waals surface area contributed by atoms with Gasteiger partial charge in [-0.1, -0.05) is 53.6 Å². The summed E-state index contributed by atoms with van der Waals surface area (Å²) in [6.45, 7) is 4.90. The normalized spacial score (nSPS) is 11.6. The Hall–Kier alpha value is -2.31. The van der Waals surface area contributed by atoms with E-state index < -0.39 is 23.3 Å². The van der Waals surface area contributed by atoms with Gasteiger partial charge in [-0.25, -0.2) is 0 Å². The van der Waals surface area contributed by atoms with E-state index in [9.17, 15) is 14.4 Å². The van der Waals surface area contributed by atoms with Crippen molar-refractivity contribution in [1.29, 1.82) is 0 Å². The number of carbonyl (C=O) groups is 3. The summed E-state index contributed by atoms with van der Waals surface area (Å²) in [4.78, 5) is 36.4. The second-order valence-corrected chi connectivity index (χ2v) is 7.10. The SMILES string of the molecule is CCOC(=O)C(C/C=C/COC(C)=O)(C/C=C/c1ccc(Cl)c(Cl)c1)C(=O)OCC. The molecule has 0 amide bonds. The molecule has 164 valence electrons. The number of esters is 3. The molecule has 0 heterocycles. The number of halogens is 2. The van der Waals surface area contributed by atoms with Gasteiger partial charge in [0.2, 0.25) is 0 Å². The molecule has 30 heavy (non-hydrogen) atoms. The minimum Gasteiger partial charge on any atom is -0.465 e. The molecule has 1 aromatic rings. The van der Waals surface area contributed by atoms with Crippen molar-refractivity contribution in [2.75, 3.05) is 19.8 Å². The third-order valence-electron chi connectivity index (χ3n) is 4.07. The summed E-state index contributed by atoms with van der Waals surface area (Å²) in [7, 11) is 0. The van der Waals surface area contributed by atoms with Crippen LogP contribution in [0.2, 0.25) is 10.0 Å². The molecule has 0 fully saturated rings. The van der Waals surface area contributed by atoms with Crippen molar-refractivity contribution >= 4 is 47.2 Å². The van der Waals surface area contributed by atoms with Crippen LogP contribution in [0.15, 0.2) is 36.4 Å². The molecule has 0 spiro atoms. The van der Waals surface area contributed by atoms with Crippen molar-refractivity contribution in [3.8, 4) is 0 Å². The van der Waals surface area contributed by atoms with Crippen LogP contribution in [0.1, 0.15) is 39.2 Å². The Bertz CT molecular complexity index is 783. The molecule has 0 N–H and O–H groups in total. The number of rotatable bonds is 11. The van der Waals surface area contributed by atoms with Crippen molar-refractivity contribution < 1.29 is 28.6 Å². The molecule has 0 radical (unpaired) electrons. The standard InChI is InChI=1S/C22H26Cl2O6/c1-4-28-20(26)22(21(27)29-5-2,12-6-7-14-30-16(3)25)13-8-9-17-10-11-18(23)19(24)15-17/h6-11,15H,4-5,12-14H2,1-3H3/b7-6+,9-8+. The van der Waals surface area contributed by atoms with E-state index in [1.807, 2.05) is 0 Å². The molecular weight excluding hydrogens is 431 g/mol. The van der Waals surface area contributed by atoms with Gasteiger partial charge in [0.05, 0.1) is 23.3 Å². The number of hydrogen-bond acceptors (Lipinski definition) is 6. The molecule has 0 saturated heterocycles. The van der Waals surface area contributed by atoms with Crippen LogP contribution in [0.4, 0.5) is 0 Å². The summed E-state index contributed by atoms with van der Waals surface area (Å²) < 4.78 is 15.2. The lowest BCUT2D eigenvalue weighted by molar-refractivity contribution is -0.171. The Morgan fingerprint density at radius 2 is 1.50 bits per heavy atom. The molecular formula is C22H26Cl2O6. The monoisotopic (exact) mass is 456 g/mol. The van der Waals surface area contributed by atoms with Crippen molar-refractivity contribution in [1.82, 2.24) is 0 Å². The Morgan fingerprint density at radius 1 is 0.900 bits per heavy atom. The van der Waals surface area contributed by atoms with Gasteiger partial charge in [-0.15, -0.1) is 0 Å². The Labute approximate surface area is 186 Å². The summed E-state index contributed by atoms with van der Waals surface area (Å²) in [5.74, 6) is -1.79. The molecule has 1 rings (SSSR count). The van der Waals surface area contributed by atoms with E-state index in [-0.39, 0.29) is 32.7 Å². The highest BCUT2D eigenvalue weighted by molar-refractivity contribution is 6.42. The number of benzene rings is 1. The van der Waals surface area contributed by atoms with Crippen molar-refractivity contribution in [3.05, 3.63) is 52.0 Å². The molecule has 0 aliphatic rings. The average molecular weight is 457 g/mol. The van der Waals surface area contributed by atoms with E-state index in [4.69, 9.17) is 37.4 Å². The molecule has 0 aliphatic heterocycles. The zero-order valence-corrected chi connectivity index (χ0v) is 18.8. The van der Waals surface area contributed by atoms with E-state index in [1.54, 1.807) is 56.4 Å². The van der Waals surface area contributed by atoms with Crippen molar-refractivity contribution in [2.45, 2.75) is 33.6 Å². The van der Waals surface area contributed by atoms with Gasteiger partial charge >= 0.3 is 17.9 Å². The minimum absolute atomic E-state index is 0.0254. The Balaban J connectivity index is 3.14. The molecule has 6 nitrogen and oxygen atoms in total. The van der Waals surface area contributed by atoms with Crippen LogP contribution in [0.5, 0.6) is 0 Å². The second kappa shape index (κ2) is 13.1. The van der Waals surface area contributed by atoms with Crippen LogP contribution >= 0.6 is 23.2 Å². The first-order valence-electron chi connectivity index (χ1n) is 9.51. The summed E-state index contributed by atoms with van der Waals surface area (Å²) in [5.41, 5.74) is -0.803. The summed E-state index contributed by atoms with van der Waals surface area (Å²) in [5, 5.41) is 0.827. The number of carbonyl (C=O) groups excluding carboxylic acids is 3. The zero-order chi connectivity index (χ0) is 22.6. The van der Waals surface area contributed by atoms with E-state index in [0.717, 1.165) is 5.56 Å². The van der Waals surface area contributed by atoms with E-state index in [0.29, 0.717) is 10.0 Å².